The predicted molar refractivity (Wildman–Crippen MR) is 103 cm³/mol. The minimum absolute atomic E-state index is 0.0462. The highest BCUT2D eigenvalue weighted by atomic mass is 32.2. The molecule has 0 saturated carbocycles. The average Bonchev–Trinajstić information content (AvgIpc) is 2.96. The summed E-state index contributed by atoms with van der Waals surface area (Å²) >= 11 is 0. The van der Waals surface area contributed by atoms with Gasteiger partial charge in [-0.1, -0.05) is 24.8 Å². The number of carbonyl (C=O) groups excluding carboxylic acids is 1. The van der Waals surface area contributed by atoms with E-state index in [-0.39, 0.29) is 11.6 Å². The highest BCUT2D eigenvalue weighted by Gasteiger charge is 2.17. The Morgan fingerprint density at radius 2 is 2.07 bits per heavy atom. The van der Waals surface area contributed by atoms with Crippen molar-refractivity contribution in [2.45, 2.75) is 11.8 Å². The summed E-state index contributed by atoms with van der Waals surface area (Å²) in [6.07, 6.45) is 1.55. The van der Waals surface area contributed by atoms with E-state index in [1.54, 1.807) is 43.3 Å². The van der Waals surface area contributed by atoms with Crippen LogP contribution in [-0.2, 0) is 14.3 Å². The standard InChI is InChI=1S/C19H18N2O5S/c1-3-13-5-4-6-15(9-13)27(23,24)25-11-21-14-7-8-16-17(10-14)26-12(2)18(16)19(20)22/h3-10,21H,1,11H2,2H3,(H2,20,22). The largest absolute Gasteiger partial charge is 0.460 e. The van der Waals surface area contributed by atoms with Gasteiger partial charge >= 0.3 is 0 Å². The van der Waals surface area contributed by atoms with Crippen molar-refractivity contribution in [1.82, 2.24) is 0 Å². The maximum absolute atomic E-state index is 12.3. The molecule has 7 nitrogen and oxygen atoms in total. The van der Waals surface area contributed by atoms with Gasteiger partial charge in [-0.25, -0.2) is 4.18 Å². The summed E-state index contributed by atoms with van der Waals surface area (Å²) in [7, 11) is -3.91. The molecule has 0 unspecified atom stereocenters. The molecule has 0 aliphatic rings. The average molecular weight is 386 g/mol. The number of rotatable bonds is 7. The molecule has 2 aromatic carbocycles. The number of carbonyl (C=O) groups is 1. The number of aryl methyl sites for hydroxylation is 1. The lowest BCUT2D eigenvalue weighted by Gasteiger charge is -2.09. The molecule has 0 atom stereocenters. The van der Waals surface area contributed by atoms with Crippen LogP contribution in [0.3, 0.4) is 0 Å². The highest BCUT2D eigenvalue weighted by molar-refractivity contribution is 7.86. The number of nitrogens with two attached hydrogens (primary N) is 1. The number of benzene rings is 2. The molecule has 0 bridgehead atoms. The third-order valence-electron chi connectivity index (χ3n) is 3.99. The molecule has 0 spiro atoms. The zero-order valence-corrected chi connectivity index (χ0v) is 15.4. The number of furan rings is 1. The van der Waals surface area contributed by atoms with Crippen LogP contribution in [0.15, 0.2) is 58.4 Å². The number of nitrogens with one attached hydrogen (secondary N) is 1. The maximum atomic E-state index is 12.3. The van der Waals surface area contributed by atoms with Gasteiger partial charge in [0.15, 0.2) is 0 Å². The molecule has 0 aliphatic carbocycles. The zero-order chi connectivity index (χ0) is 19.6. The Labute approximate surface area is 156 Å². The minimum atomic E-state index is -3.91. The normalized spacial score (nSPS) is 11.4. The van der Waals surface area contributed by atoms with Gasteiger partial charge in [0, 0.05) is 17.1 Å². The van der Waals surface area contributed by atoms with E-state index in [4.69, 9.17) is 14.3 Å². The van der Waals surface area contributed by atoms with E-state index >= 15 is 0 Å². The molecule has 0 saturated heterocycles. The molecule has 0 fully saturated rings. The van der Waals surface area contributed by atoms with Gasteiger partial charge in [0.1, 0.15) is 18.1 Å². The fourth-order valence-corrected chi connectivity index (χ4v) is 3.57. The number of primary amides is 1. The monoisotopic (exact) mass is 386 g/mol. The first-order chi connectivity index (χ1) is 12.8. The van der Waals surface area contributed by atoms with E-state index in [2.05, 4.69) is 11.9 Å². The molecule has 27 heavy (non-hydrogen) atoms. The van der Waals surface area contributed by atoms with Gasteiger partial charge in [-0.15, -0.1) is 0 Å². The fraction of sp³-hybridized carbons (Fsp3) is 0.105. The van der Waals surface area contributed by atoms with E-state index in [0.29, 0.717) is 33.5 Å². The third-order valence-corrected chi connectivity index (χ3v) is 5.24. The summed E-state index contributed by atoms with van der Waals surface area (Å²) in [5, 5.41) is 3.45. The lowest BCUT2D eigenvalue weighted by atomic mass is 10.1. The van der Waals surface area contributed by atoms with Gasteiger partial charge in [-0.2, -0.15) is 8.42 Å². The van der Waals surface area contributed by atoms with Crippen molar-refractivity contribution >= 4 is 38.8 Å². The SMILES string of the molecule is C=Cc1cccc(S(=O)(=O)OCNc2ccc3c(C(N)=O)c(C)oc3c2)c1. The van der Waals surface area contributed by atoms with Gasteiger partial charge < -0.3 is 15.5 Å². The van der Waals surface area contributed by atoms with Crippen LogP contribution in [0, 0.1) is 6.92 Å². The Morgan fingerprint density at radius 3 is 2.78 bits per heavy atom. The molecule has 1 aromatic heterocycles. The number of amides is 1. The van der Waals surface area contributed by atoms with Gasteiger partial charge in [-0.3, -0.25) is 4.79 Å². The molecule has 3 N–H and O–H groups in total. The van der Waals surface area contributed by atoms with E-state index in [1.807, 2.05) is 0 Å². The first-order valence-electron chi connectivity index (χ1n) is 8.00. The molecule has 8 heteroatoms. The minimum Gasteiger partial charge on any atom is -0.460 e. The number of hydrogen-bond donors (Lipinski definition) is 2. The van der Waals surface area contributed by atoms with Crippen molar-refractivity contribution in [1.29, 1.82) is 0 Å². The molecular weight excluding hydrogens is 368 g/mol. The van der Waals surface area contributed by atoms with E-state index < -0.39 is 16.0 Å². The van der Waals surface area contributed by atoms with E-state index in [9.17, 15) is 13.2 Å². The summed E-state index contributed by atoms with van der Waals surface area (Å²) in [6.45, 7) is 5.00. The Hall–Kier alpha value is -3.10. The second kappa shape index (κ2) is 7.26. The van der Waals surface area contributed by atoms with Gasteiger partial charge in [-0.05, 0) is 36.8 Å². The smallest absolute Gasteiger partial charge is 0.298 e. The zero-order valence-electron chi connectivity index (χ0n) is 14.6. The summed E-state index contributed by atoms with van der Waals surface area (Å²) in [5.41, 5.74) is 7.41. The third kappa shape index (κ3) is 3.86. The van der Waals surface area contributed by atoms with Crippen molar-refractivity contribution in [2.24, 2.45) is 5.73 Å². The van der Waals surface area contributed by atoms with E-state index in [1.165, 1.54) is 12.1 Å². The van der Waals surface area contributed by atoms with Crippen LogP contribution in [0.25, 0.3) is 17.0 Å². The summed E-state index contributed by atoms with van der Waals surface area (Å²) in [4.78, 5) is 11.5. The van der Waals surface area contributed by atoms with E-state index in [0.717, 1.165) is 0 Å². The summed E-state index contributed by atoms with van der Waals surface area (Å²) < 4.78 is 35.1. The quantitative estimate of drug-likeness (QED) is 0.476. The first kappa shape index (κ1) is 18.7. The van der Waals surface area contributed by atoms with Crippen LogP contribution < -0.4 is 11.1 Å². The molecule has 140 valence electrons. The second-order valence-electron chi connectivity index (χ2n) is 5.78. The molecule has 1 heterocycles. The molecule has 1 amide bonds. The number of anilines is 1. The topological polar surface area (TPSA) is 112 Å². The molecular formula is C19H18N2O5S. The second-order valence-corrected chi connectivity index (χ2v) is 7.39. The van der Waals surface area contributed by atoms with Crippen LogP contribution in [0.5, 0.6) is 0 Å². The fourth-order valence-electron chi connectivity index (χ4n) is 2.69. The van der Waals surface area contributed by atoms with Crippen LogP contribution in [0.4, 0.5) is 5.69 Å². The predicted octanol–water partition coefficient (Wildman–Crippen LogP) is 3.26. The Bertz CT molecular complexity index is 1130. The Kier molecular flexibility index (Phi) is 5.02. The maximum Gasteiger partial charge on any atom is 0.298 e. The lowest BCUT2D eigenvalue weighted by Crippen LogP contribution is -2.13. The van der Waals surface area contributed by atoms with Crippen molar-refractivity contribution < 1.29 is 21.8 Å². The molecule has 0 radical (unpaired) electrons. The van der Waals surface area contributed by atoms with Crippen molar-refractivity contribution in [3.05, 3.63) is 65.9 Å². The summed E-state index contributed by atoms with van der Waals surface area (Å²) in [5.74, 6) is -0.140. The van der Waals surface area contributed by atoms with Crippen molar-refractivity contribution in [2.75, 3.05) is 12.0 Å². The van der Waals surface area contributed by atoms with Crippen LogP contribution in [0.1, 0.15) is 21.7 Å². The molecule has 3 aromatic rings. The molecule has 0 aliphatic heterocycles. The summed E-state index contributed by atoms with van der Waals surface area (Å²) in [6, 6.07) is 11.3. The van der Waals surface area contributed by atoms with Crippen molar-refractivity contribution in [3.63, 3.8) is 0 Å². The first-order valence-corrected chi connectivity index (χ1v) is 9.41. The van der Waals surface area contributed by atoms with Crippen LogP contribution >= 0.6 is 0 Å². The Balaban J connectivity index is 1.73. The Morgan fingerprint density at radius 1 is 1.30 bits per heavy atom. The number of hydrogen-bond acceptors (Lipinski definition) is 6. The van der Waals surface area contributed by atoms with Gasteiger partial charge in [0.2, 0.25) is 0 Å². The van der Waals surface area contributed by atoms with Gasteiger partial charge in [0.05, 0.1) is 10.5 Å². The van der Waals surface area contributed by atoms with Crippen molar-refractivity contribution in [3.8, 4) is 0 Å². The van der Waals surface area contributed by atoms with Crippen LogP contribution in [-0.4, -0.2) is 21.1 Å². The van der Waals surface area contributed by atoms with Crippen LogP contribution in [0.2, 0.25) is 0 Å². The highest BCUT2D eigenvalue weighted by Crippen LogP contribution is 2.27. The number of fused-ring (bicyclic) bond motifs is 1. The lowest BCUT2D eigenvalue weighted by molar-refractivity contribution is 0.1000. The van der Waals surface area contributed by atoms with Gasteiger partial charge in [0.25, 0.3) is 16.0 Å². The molecule has 3 rings (SSSR count).